The molecule has 0 atom stereocenters. The van der Waals surface area contributed by atoms with Gasteiger partial charge in [-0.3, -0.25) is 0 Å². The van der Waals surface area contributed by atoms with Crippen LogP contribution in [-0.2, 0) is 0 Å². The lowest BCUT2D eigenvalue weighted by Gasteiger charge is -2.21. The molecule has 0 saturated heterocycles. The third-order valence-electron chi connectivity index (χ3n) is 3.10. The summed E-state index contributed by atoms with van der Waals surface area (Å²) in [5, 5.41) is 2.83. The molecular formula is C20H28O2Si. The van der Waals surface area contributed by atoms with Gasteiger partial charge in [0.15, 0.2) is 0 Å². The van der Waals surface area contributed by atoms with E-state index in [2.05, 4.69) is 90.1 Å². The lowest BCUT2D eigenvalue weighted by molar-refractivity contribution is 0.130. The first kappa shape index (κ1) is 17.6. The highest BCUT2D eigenvalue weighted by molar-refractivity contribution is 6.67. The first-order valence-corrected chi connectivity index (χ1v) is 9.58. The van der Waals surface area contributed by atoms with Crippen LogP contribution in [0.25, 0.3) is 0 Å². The molecule has 0 aromatic heterocycles. The summed E-state index contributed by atoms with van der Waals surface area (Å²) in [5.74, 6) is 1.87. The van der Waals surface area contributed by atoms with E-state index < -0.39 is 9.52 Å². The molecule has 0 amide bonds. The van der Waals surface area contributed by atoms with Gasteiger partial charge in [-0.1, -0.05) is 34.6 Å². The molecule has 2 aromatic rings. The first-order valence-electron chi connectivity index (χ1n) is 8.17. The molecule has 0 N–H and O–H groups in total. The number of hydrogen-bond donors (Lipinski definition) is 0. The summed E-state index contributed by atoms with van der Waals surface area (Å²) < 4.78 is 11.7. The van der Waals surface area contributed by atoms with Gasteiger partial charge in [0.1, 0.15) is 22.7 Å². The predicted octanol–water partition coefficient (Wildman–Crippen LogP) is 3.16. The number of benzene rings is 2. The normalized spacial score (nSPS) is 12.1. The van der Waals surface area contributed by atoms with Crippen molar-refractivity contribution < 1.29 is 9.47 Å². The van der Waals surface area contributed by atoms with E-state index in [9.17, 15) is 0 Å². The lowest BCUT2D eigenvalue weighted by atomic mass is 10.2. The fourth-order valence-electron chi connectivity index (χ4n) is 2.29. The Balaban J connectivity index is 1.99. The zero-order chi connectivity index (χ0) is 17.1. The van der Waals surface area contributed by atoms with E-state index in [1.54, 1.807) is 0 Å². The monoisotopic (exact) mass is 328 g/mol. The molecular weight excluding hydrogens is 300 g/mol. The minimum atomic E-state index is -0.461. The summed E-state index contributed by atoms with van der Waals surface area (Å²) in [6.45, 7) is 12.4. The quantitative estimate of drug-likeness (QED) is 0.803. The smallest absolute Gasteiger partial charge is 0.120 e. The molecule has 2 aromatic carbocycles. The second-order valence-electron chi connectivity index (χ2n) is 7.89. The van der Waals surface area contributed by atoms with Crippen LogP contribution in [0, 0.1) is 0 Å². The average Bonchev–Trinajstić information content (AvgIpc) is 2.40. The van der Waals surface area contributed by atoms with Crippen molar-refractivity contribution in [1.29, 1.82) is 0 Å². The van der Waals surface area contributed by atoms with Crippen LogP contribution in [0.3, 0.4) is 0 Å². The van der Waals surface area contributed by atoms with Crippen molar-refractivity contribution in [3.63, 3.8) is 0 Å². The van der Waals surface area contributed by atoms with Crippen molar-refractivity contribution in [1.82, 2.24) is 0 Å². The van der Waals surface area contributed by atoms with Crippen molar-refractivity contribution in [2.45, 2.75) is 52.7 Å². The second kappa shape index (κ2) is 6.79. The Morgan fingerprint density at radius 3 is 1.13 bits per heavy atom. The van der Waals surface area contributed by atoms with Crippen LogP contribution in [0.2, 0.25) is 0 Å². The van der Waals surface area contributed by atoms with Crippen molar-refractivity contribution in [2.75, 3.05) is 0 Å². The Morgan fingerprint density at radius 2 is 0.870 bits per heavy atom. The molecule has 2 nitrogen and oxygen atoms in total. The molecule has 23 heavy (non-hydrogen) atoms. The Morgan fingerprint density at radius 1 is 0.565 bits per heavy atom. The SMILES string of the molecule is CC(C)(C)Oc1ccc([SiH2]c2ccc(OC(C)(C)C)cc2)cc1. The molecule has 0 unspecified atom stereocenters. The number of rotatable bonds is 4. The standard InChI is InChI=1S/C20H28O2Si/c1-19(2,3)21-15-7-11-17(12-8-15)23-18-13-9-16(10-14-18)22-20(4,5)6/h7-14H,23H2,1-6H3. The van der Waals surface area contributed by atoms with Crippen LogP contribution < -0.4 is 19.8 Å². The van der Waals surface area contributed by atoms with Gasteiger partial charge in [-0.15, -0.1) is 0 Å². The molecule has 0 fully saturated rings. The van der Waals surface area contributed by atoms with Gasteiger partial charge in [0, 0.05) is 0 Å². The largest absolute Gasteiger partial charge is 0.488 e. The van der Waals surface area contributed by atoms with Crippen LogP contribution in [0.15, 0.2) is 48.5 Å². The third kappa shape index (κ3) is 6.49. The van der Waals surface area contributed by atoms with Gasteiger partial charge in [0.05, 0.1) is 9.52 Å². The van der Waals surface area contributed by atoms with Crippen LogP contribution >= 0.6 is 0 Å². The van der Waals surface area contributed by atoms with Crippen LogP contribution in [0.4, 0.5) is 0 Å². The van der Waals surface area contributed by atoms with Crippen molar-refractivity contribution in [2.24, 2.45) is 0 Å². The van der Waals surface area contributed by atoms with Crippen molar-refractivity contribution >= 4 is 19.9 Å². The fourth-order valence-corrected chi connectivity index (χ4v) is 3.71. The van der Waals surface area contributed by atoms with Crippen LogP contribution in [-0.4, -0.2) is 20.7 Å². The molecule has 0 aliphatic heterocycles. The minimum absolute atomic E-state index is 0.151. The maximum absolute atomic E-state index is 5.87. The van der Waals surface area contributed by atoms with Gasteiger partial charge in [0.2, 0.25) is 0 Å². The average molecular weight is 329 g/mol. The Hall–Kier alpha value is -1.74. The highest BCUT2D eigenvalue weighted by Crippen LogP contribution is 2.17. The molecule has 0 bridgehead atoms. The summed E-state index contributed by atoms with van der Waals surface area (Å²) >= 11 is 0. The van der Waals surface area contributed by atoms with Gasteiger partial charge in [-0.05, 0) is 65.8 Å². The molecule has 0 aliphatic carbocycles. The van der Waals surface area contributed by atoms with Crippen LogP contribution in [0.5, 0.6) is 11.5 Å². The summed E-state index contributed by atoms with van der Waals surface area (Å²) in [5.41, 5.74) is -0.302. The van der Waals surface area contributed by atoms with Gasteiger partial charge < -0.3 is 9.47 Å². The second-order valence-corrected chi connectivity index (χ2v) is 9.88. The zero-order valence-corrected chi connectivity index (χ0v) is 16.6. The molecule has 2 rings (SSSR count). The maximum Gasteiger partial charge on any atom is 0.120 e. The summed E-state index contributed by atoms with van der Waals surface area (Å²) in [7, 11) is -0.461. The van der Waals surface area contributed by atoms with Gasteiger partial charge in [-0.25, -0.2) is 0 Å². The first-order chi connectivity index (χ1) is 10.6. The molecule has 0 radical (unpaired) electrons. The highest BCUT2D eigenvalue weighted by atomic mass is 28.2. The van der Waals surface area contributed by atoms with Crippen molar-refractivity contribution in [3.8, 4) is 11.5 Å². The van der Waals surface area contributed by atoms with Gasteiger partial charge >= 0.3 is 0 Å². The van der Waals surface area contributed by atoms with Gasteiger partial charge in [0.25, 0.3) is 0 Å². The minimum Gasteiger partial charge on any atom is -0.488 e. The number of ether oxygens (including phenoxy) is 2. The van der Waals surface area contributed by atoms with E-state index in [0.29, 0.717) is 0 Å². The van der Waals surface area contributed by atoms with E-state index in [1.807, 2.05) is 0 Å². The molecule has 0 heterocycles. The van der Waals surface area contributed by atoms with Gasteiger partial charge in [-0.2, -0.15) is 0 Å². The summed E-state index contributed by atoms with van der Waals surface area (Å²) in [6, 6.07) is 17.0. The van der Waals surface area contributed by atoms with E-state index in [4.69, 9.17) is 9.47 Å². The fraction of sp³-hybridized carbons (Fsp3) is 0.400. The summed E-state index contributed by atoms with van der Waals surface area (Å²) in [4.78, 5) is 0. The topological polar surface area (TPSA) is 18.5 Å². The molecule has 3 heteroatoms. The molecule has 0 aliphatic rings. The number of hydrogen-bond acceptors (Lipinski definition) is 2. The van der Waals surface area contributed by atoms with E-state index >= 15 is 0 Å². The highest BCUT2D eigenvalue weighted by Gasteiger charge is 2.12. The van der Waals surface area contributed by atoms with E-state index in [1.165, 1.54) is 10.4 Å². The third-order valence-corrected chi connectivity index (χ3v) is 4.86. The maximum atomic E-state index is 5.87. The molecule has 0 saturated carbocycles. The van der Waals surface area contributed by atoms with E-state index in [0.717, 1.165) is 11.5 Å². The molecule has 124 valence electrons. The van der Waals surface area contributed by atoms with Crippen molar-refractivity contribution in [3.05, 3.63) is 48.5 Å². The lowest BCUT2D eigenvalue weighted by Crippen LogP contribution is -2.28. The summed E-state index contributed by atoms with van der Waals surface area (Å²) in [6.07, 6.45) is 0. The predicted molar refractivity (Wildman–Crippen MR) is 101 cm³/mol. The van der Waals surface area contributed by atoms with E-state index in [-0.39, 0.29) is 11.2 Å². The Labute approximate surface area is 142 Å². The Bertz CT molecular complexity index is 559. The Kier molecular flexibility index (Phi) is 5.20. The zero-order valence-electron chi connectivity index (χ0n) is 15.1. The van der Waals surface area contributed by atoms with Crippen LogP contribution in [0.1, 0.15) is 41.5 Å². The molecule has 0 spiro atoms.